The third-order valence-electron chi connectivity index (χ3n) is 5.16. The van der Waals surface area contributed by atoms with Crippen LogP contribution in [0.4, 0.5) is 5.82 Å². The fraction of sp³-hybridized carbons (Fsp3) is 0.120. The summed E-state index contributed by atoms with van der Waals surface area (Å²) in [5, 5.41) is 23.5. The fourth-order valence-electron chi connectivity index (χ4n) is 3.46. The van der Waals surface area contributed by atoms with E-state index in [4.69, 9.17) is 22.1 Å². The molecule has 16 heteroatoms. The number of thioether (sulfide) groups is 1. The Morgan fingerprint density at radius 1 is 0.976 bits per heavy atom. The maximum atomic E-state index is 10.5. The number of phosphoric acid groups is 1. The van der Waals surface area contributed by atoms with Gasteiger partial charge < -0.3 is 29.3 Å². The summed E-state index contributed by atoms with van der Waals surface area (Å²) in [6, 6.07) is 18.0. The standard InChI is InChI=1S/C25H19ClN5O5PS2.2K/c26-17-5-1-16(2-6-17)24-30-18(13-38-24)14-39-25-21(12-28)22(20(11-27)23(29)31-25)15-3-7-19(8-4-15)35-9-10-36-37(32,33)34;;/h1-8,13H,9-10,14H2,(H2,29,31)(H2,32,33,34);;/q;2*+1/p-2. The minimum Gasteiger partial charge on any atom is -0.790 e. The number of nitriles is 2. The first kappa shape index (κ1) is 37.0. The van der Waals surface area contributed by atoms with Gasteiger partial charge in [-0.25, -0.2) is 9.97 Å². The van der Waals surface area contributed by atoms with Crippen molar-refractivity contribution in [2.45, 2.75) is 10.8 Å². The van der Waals surface area contributed by atoms with Crippen molar-refractivity contribution in [1.82, 2.24) is 9.97 Å². The first-order valence-electron chi connectivity index (χ1n) is 11.0. The van der Waals surface area contributed by atoms with E-state index in [2.05, 4.69) is 20.6 Å². The van der Waals surface area contributed by atoms with Crippen molar-refractivity contribution in [3.63, 3.8) is 0 Å². The number of thiazole rings is 1. The molecule has 0 saturated heterocycles. The van der Waals surface area contributed by atoms with E-state index in [1.807, 2.05) is 23.6 Å². The van der Waals surface area contributed by atoms with E-state index in [1.165, 1.54) is 23.1 Å². The fourth-order valence-corrected chi connectivity index (χ4v) is 5.70. The Bertz CT molecular complexity index is 1620. The first-order chi connectivity index (χ1) is 18.7. The van der Waals surface area contributed by atoms with Gasteiger partial charge in [0, 0.05) is 27.3 Å². The molecule has 0 unspecified atom stereocenters. The van der Waals surface area contributed by atoms with Crippen LogP contribution in [0.1, 0.15) is 16.8 Å². The molecule has 2 heterocycles. The van der Waals surface area contributed by atoms with E-state index in [1.54, 1.807) is 36.4 Å². The van der Waals surface area contributed by atoms with E-state index in [0.717, 1.165) is 16.3 Å². The third kappa shape index (κ3) is 10.5. The quantitative estimate of drug-likeness (QED) is 0.0883. The molecule has 198 valence electrons. The van der Waals surface area contributed by atoms with E-state index in [9.17, 15) is 24.9 Å². The van der Waals surface area contributed by atoms with Crippen LogP contribution in [0, 0.1) is 22.7 Å². The number of hydrogen-bond acceptors (Lipinski definition) is 12. The molecule has 2 aromatic heterocycles. The average Bonchev–Trinajstić information content (AvgIpc) is 3.39. The van der Waals surface area contributed by atoms with E-state index in [-0.39, 0.29) is 126 Å². The molecule has 2 N–H and O–H groups in total. The molecule has 0 aliphatic carbocycles. The van der Waals surface area contributed by atoms with E-state index >= 15 is 0 Å². The zero-order valence-electron chi connectivity index (χ0n) is 21.9. The van der Waals surface area contributed by atoms with Crippen LogP contribution in [0.3, 0.4) is 0 Å². The molecule has 0 atom stereocenters. The van der Waals surface area contributed by atoms with Crippen molar-refractivity contribution in [1.29, 1.82) is 10.5 Å². The number of aromatic nitrogens is 2. The molecule has 2 aromatic carbocycles. The maximum Gasteiger partial charge on any atom is 1.00 e. The molecule has 41 heavy (non-hydrogen) atoms. The number of nitrogens with two attached hydrogens (primary N) is 1. The van der Waals surface area contributed by atoms with Crippen LogP contribution in [0.2, 0.25) is 5.02 Å². The van der Waals surface area contributed by atoms with Gasteiger partial charge in [0.25, 0.3) is 0 Å². The van der Waals surface area contributed by atoms with E-state index in [0.29, 0.717) is 32.7 Å². The zero-order valence-corrected chi connectivity index (χ0v) is 31.4. The number of pyridine rings is 1. The predicted octanol–water partition coefficient (Wildman–Crippen LogP) is -1.62. The molecule has 0 saturated carbocycles. The summed E-state index contributed by atoms with van der Waals surface area (Å²) in [6.45, 7) is -0.592. The number of halogens is 1. The van der Waals surface area contributed by atoms with Crippen molar-refractivity contribution in [3.8, 4) is 39.6 Å². The minimum atomic E-state index is -5.07. The average molecular weight is 676 g/mol. The summed E-state index contributed by atoms with van der Waals surface area (Å²) in [4.78, 5) is 30.1. The molecular formula is C25H17ClK2N5O5PS2. The van der Waals surface area contributed by atoms with Gasteiger partial charge >= 0.3 is 103 Å². The molecular weight excluding hydrogens is 659 g/mol. The van der Waals surface area contributed by atoms with Crippen molar-refractivity contribution < 1.29 is 126 Å². The molecule has 4 rings (SSSR count). The van der Waals surface area contributed by atoms with Gasteiger partial charge in [0.1, 0.15) is 45.9 Å². The molecule has 0 radical (unpaired) electrons. The number of benzene rings is 2. The van der Waals surface area contributed by atoms with Crippen LogP contribution in [-0.2, 0) is 14.8 Å². The normalized spacial score (nSPS) is 10.6. The molecule has 0 bridgehead atoms. The summed E-state index contributed by atoms with van der Waals surface area (Å²) in [7, 11) is -5.07. The van der Waals surface area contributed by atoms with Crippen molar-refractivity contribution in [2.24, 2.45) is 0 Å². The Morgan fingerprint density at radius 2 is 1.61 bits per heavy atom. The number of nitrogen functional groups attached to an aromatic ring is 1. The van der Waals surface area contributed by atoms with E-state index < -0.39 is 14.4 Å². The molecule has 4 aromatic rings. The van der Waals surface area contributed by atoms with Gasteiger partial charge in [-0.2, -0.15) is 10.5 Å². The minimum absolute atomic E-state index is 0. The Kier molecular flexibility index (Phi) is 15.7. The number of rotatable bonds is 10. The van der Waals surface area contributed by atoms with Gasteiger partial charge in [0.15, 0.2) is 0 Å². The summed E-state index contributed by atoms with van der Waals surface area (Å²) in [5.74, 6) is 0.777. The smallest absolute Gasteiger partial charge is 0.790 e. The van der Waals surface area contributed by atoms with Crippen LogP contribution in [-0.4, -0.2) is 23.2 Å². The summed E-state index contributed by atoms with van der Waals surface area (Å²) < 4.78 is 20.0. The molecule has 0 spiro atoms. The maximum absolute atomic E-state index is 10.5. The Labute approximate surface area is 334 Å². The van der Waals surface area contributed by atoms with Gasteiger partial charge in [0.2, 0.25) is 0 Å². The van der Waals surface area contributed by atoms with Gasteiger partial charge in [-0.05, 0) is 29.8 Å². The van der Waals surface area contributed by atoms with Crippen LogP contribution < -0.4 is 123 Å². The number of hydrogen-bond donors (Lipinski definition) is 1. The van der Waals surface area contributed by atoms with Gasteiger partial charge in [-0.1, -0.05) is 47.6 Å². The number of phosphoric ester groups is 1. The van der Waals surface area contributed by atoms with Crippen molar-refractivity contribution >= 4 is 48.3 Å². The summed E-state index contributed by atoms with van der Waals surface area (Å²) in [5.41, 5.74) is 8.98. The second-order valence-electron chi connectivity index (χ2n) is 7.74. The SMILES string of the molecule is N#Cc1c(N)nc(SCc2csc(-c3ccc(Cl)cc3)n2)c(C#N)c1-c1ccc(OCCOP(=O)([O-])[O-])cc1.[K+].[K+]. The van der Waals surface area contributed by atoms with Gasteiger partial charge in [-0.3, -0.25) is 0 Å². The monoisotopic (exact) mass is 675 g/mol. The molecule has 0 aliphatic rings. The van der Waals surface area contributed by atoms with Crippen LogP contribution in [0.5, 0.6) is 5.75 Å². The molecule has 10 nitrogen and oxygen atoms in total. The van der Waals surface area contributed by atoms with Crippen LogP contribution in [0.15, 0.2) is 58.9 Å². The second-order valence-corrected chi connectivity index (χ2v) is 11.2. The Morgan fingerprint density at radius 3 is 2.22 bits per heavy atom. The topological polar surface area (TPSA) is 181 Å². The predicted molar refractivity (Wildman–Crippen MR) is 145 cm³/mol. The zero-order chi connectivity index (χ0) is 28.0. The Balaban J connectivity index is 0.00000294. The summed E-state index contributed by atoms with van der Waals surface area (Å²) in [6.07, 6.45) is 0. The molecule has 0 aliphatic heterocycles. The number of nitrogens with zero attached hydrogens (tertiary/aromatic N) is 4. The van der Waals surface area contributed by atoms with Crippen LogP contribution >= 0.6 is 42.5 Å². The van der Waals surface area contributed by atoms with Crippen molar-refractivity contribution in [3.05, 3.63) is 75.8 Å². The summed E-state index contributed by atoms with van der Waals surface area (Å²) >= 11 is 8.74. The van der Waals surface area contributed by atoms with Crippen molar-refractivity contribution in [2.75, 3.05) is 18.9 Å². The Hall–Kier alpha value is -0.177. The van der Waals surface area contributed by atoms with Gasteiger partial charge in [-0.15, -0.1) is 11.3 Å². The largest absolute Gasteiger partial charge is 1.00 e. The second kappa shape index (κ2) is 17.3. The van der Waals surface area contributed by atoms with Gasteiger partial charge in [0.05, 0.1) is 25.7 Å². The third-order valence-corrected chi connectivity index (χ3v) is 7.86. The molecule has 0 amide bonds. The number of ether oxygens (including phenoxy) is 1. The number of anilines is 1. The van der Waals surface area contributed by atoms with Crippen LogP contribution in [0.25, 0.3) is 21.7 Å². The first-order valence-corrected chi connectivity index (χ1v) is 14.8. The molecule has 0 fully saturated rings.